The molecule has 1 aliphatic heterocycles. The lowest BCUT2D eigenvalue weighted by atomic mass is 9.96. The van der Waals surface area contributed by atoms with Crippen LogP contribution >= 0.6 is 0 Å². The summed E-state index contributed by atoms with van der Waals surface area (Å²) in [4.78, 5) is 5.38. The molecule has 0 saturated heterocycles. The zero-order chi connectivity index (χ0) is 36.3. The molecule has 0 radical (unpaired) electrons. The van der Waals surface area contributed by atoms with Crippen LogP contribution in [0, 0.1) is 0 Å². The van der Waals surface area contributed by atoms with Crippen LogP contribution in [0.2, 0.25) is 0 Å². The van der Waals surface area contributed by atoms with E-state index in [-0.39, 0.29) is 0 Å². The van der Waals surface area contributed by atoms with Crippen molar-refractivity contribution in [2.45, 2.75) is 6.42 Å². The Bertz CT molecular complexity index is 3160. The molecule has 8 aromatic carbocycles. The van der Waals surface area contributed by atoms with Crippen molar-refractivity contribution >= 4 is 55.0 Å². The first-order valence-corrected chi connectivity index (χ1v) is 18.9. The second-order valence-corrected chi connectivity index (χ2v) is 14.3. The molecule has 10 aromatic rings. The molecular formula is C52H35N3. The van der Waals surface area contributed by atoms with Crippen molar-refractivity contribution in [3.05, 3.63) is 222 Å². The van der Waals surface area contributed by atoms with Gasteiger partial charge in [0.05, 0.1) is 33.5 Å². The molecule has 258 valence electrons. The topological polar surface area (TPSA) is 22.2 Å². The Morgan fingerprint density at radius 1 is 0.364 bits per heavy atom. The molecule has 2 aromatic heterocycles. The third-order valence-electron chi connectivity index (χ3n) is 11.2. The van der Waals surface area contributed by atoms with Crippen LogP contribution < -0.4 is 0 Å². The number of allylic oxidation sites excluding steroid dienone is 1. The van der Waals surface area contributed by atoms with Crippen molar-refractivity contribution in [2.24, 2.45) is 4.99 Å². The van der Waals surface area contributed by atoms with Crippen LogP contribution in [-0.4, -0.2) is 14.8 Å². The number of aromatic nitrogens is 2. The standard InChI is InChI=1S/C52H35N3/c1-3-15-36(16-4-1)52-42-21-8-7-14-35(42)26-29-47(53-52)39-17-13-20-41(32-39)55-49-25-12-10-23-44(49)46-34-38(28-31-51(46)55)37-27-30-50-45(33-37)43-22-9-11-24-48(43)54(50)40-18-5-2-6-19-40/h1-25,27-34H,26H2. The lowest BCUT2D eigenvalue weighted by Gasteiger charge is -2.12. The molecule has 0 saturated carbocycles. The van der Waals surface area contributed by atoms with Crippen LogP contribution in [0.5, 0.6) is 0 Å². The Morgan fingerprint density at radius 2 is 0.891 bits per heavy atom. The van der Waals surface area contributed by atoms with Crippen LogP contribution in [0.25, 0.3) is 71.8 Å². The molecule has 0 spiro atoms. The van der Waals surface area contributed by atoms with Gasteiger partial charge in [-0.1, -0.05) is 140 Å². The maximum atomic E-state index is 5.38. The van der Waals surface area contributed by atoms with Crippen molar-refractivity contribution in [3.63, 3.8) is 0 Å². The monoisotopic (exact) mass is 701 g/mol. The number of nitrogens with zero attached hydrogens (tertiary/aromatic N) is 3. The van der Waals surface area contributed by atoms with Crippen LogP contribution in [0.3, 0.4) is 0 Å². The fraction of sp³-hybridized carbons (Fsp3) is 0.0192. The first-order chi connectivity index (χ1) is 27.3. The van der Waals surface area contributed by atoms with E-state index in [1.54, 1.807) is 0 Å². The molecule has 0 atom stereocenters. The van der Waals surface area contributed by atoms with Crippen molar-refractivity contribution in [1.82, 2.24) is 9.13 Å². The Morgan fingerprint density at radius 3 is 1.58 bits per heavy atom. The van der Waals surface area contributed by atoms with Gasteiger partial charge in [0.25, 0.3) is 0 Å². The Hall–Kier alpha value is -7.23. The first-order valence-electron chi connectivity index (χ1n) is 18.9. The molecule has 1 aliphatic rings. The van der Waals surface area contributed by atoms with Gasteiger partial charge in [0.2, 0.25) is 0 Å². The van der Waals surface area contributed by atoms with E-state index in [1.165, 1.54) is 71.6 Å². The number of fused-ring (bicyclic) bond motifs is 7. The van der Waals surface area contributed by atoms with Gasteiger partial charge in [-0.05, 0) is 83.8 Å². The SMILES string of the molecule is C1=C(c2cccc(-n3c4ccccc4c4cc(-c5ccc6c(c5)c5ccccc5n6-c5ccccc5)ccc43)c2)N=C(c2ccccc2)c2ccccc2C1. The largest absolute Gasteiger partial charge is 0.309 e. The highest BCUT2D eigenvalue weighted by molar-refractivity contribution is 6.16. The third kappa shape index (κ3) is 5.16. The molecule has 55 heavy (non-hydrogen) atoms. The molecule has 3 nitrogen and oxygen atoms in total. The summed E-state index contributed by atoms with van der Waals surface area (Å²) < 4.78 is 4.78. The lowest BCUT2D eigenvalue weighted by molar-refractivity contribution is 1.17. The van der Waals surface area contributed by atoms with Gasteiger partial charge in [0, 0.05) is 49.6 Å². The van der Waals surface area contributed by atoms with Crippen molar-refractivity contribution in [3.8, 4) is 22.5 Å². The van der Waals surface area contributed by atoms with Crippen LogP contribution in [-0.2, 0) is 6.42 Å². The molecule has 0 N–H and O–H groups in total. The molecular weight excluding hydrogens is 667 g/mol. The Labute approximate surface area is 319 Å². The Kier molecular flexibility index (Phi) is 7.24. The summed E-state index contributed by atoms with van der Waals surface area (Å²) in [7, 11) is 0. The van der Waals surface area contributed by atoms with E-state index in [0.717, 1.165) is 34.6 Å². The van der Waals surface area contributed by atoms with Gasteiger partial charge < -0.3 is 9.13 Å². The number of rotatable bonds is 5. The fourth-order valence-electron chi connectivity index (χ4n) is 8.60. The summed E-state index contributed by atoms with van der Waals surface area (Å²) in [5, 5.41) is 4.98. The maximum Gasteiger partial charge on any atom is 0.0784 e. The summed E-state index contributed by atoms with van der Waals surface area (Å²) in [5.74, 6) is 0. The summed E-state index contributed by atoms with van der Waals surface area (Å²) in [6.07, 6.45) is 3.10. The molecule has 0 bridgehead atoms. The number of aliphatic imine (C=N–C) groups is 1. The van der Waals surface area contributed by atoms with E-state index < -0.39 is 0 Å². The smallest absolute Gasteiger partial charge is 0.0784 e. The fourth-order valence-corrected chi connectivity index (χ4v) is 8.60. The minimum atomic E-state index is 0.826. The van der Waals surface area contributed by atoms with Gasteiger partial charge >= 0.3 is 0 Å². The van der Waals surface area contributed by atoms with Crippen LogP contribution in [0.1, 0.15) is 22.3 Å². The highest BCUT2D eigenvalue weighted by Crippen LogP contribution is 2.39. The van der Waals surface area contributed by atoms with E-state index in [0.29, 0.717) is 0 Å². The first kappa shape index (κ1) is 31.3. The van der Waals surface area contributed by atoms with Gasteiger partial charge in [-0.2, -0.15) is 0 Å². The predicted octanol–water partition coefficient (Wildman–Crippen LogP) is 13.0. The molecule has 0 unspecified atom stereocenters. The second kappa shape index (κ2) is 12.7. The minimum Gasteiger partial charge on any atom is -0.309 e. The van der Waals surface area contributed by atoms with E-state index in [1.807, 2.05) is 0 Å². The van der Waals surface area contributed by atoms with E-state index in [2.05, 4.69) is 209 Å². The molecule has 0 amide bonds. The van der Waals surface area contributed by atoms with Crippen molar-refractivity contribution in [1.29, 1.82) is 0 Å². The highest BCUT2D eigenvalue weighted by atomic mass is 15.0. The number of para-hydroxylation sites is 3. The van der Waals surface area contributed by atoms with Gasteiger partial charge in [0.1, 0.15) is 0 Å². The number of hydrogen-bond donors (Lipinski definition) is 0. The normalized spacial score (nSPS) is 12.9. The summed E-state index contributed by atoms with van der Waals surface area (Å²) in [6, 6.07) is 70.1. The van der Waals surface area contributed by atoms with Gasteiger partial charge in [-0.3, -0.25) is 0 Å². The molecule has 0 aliphatic carbocycles. The summed E-state index contributed by atoms with van der Waals surface area (Å²) in [5.41, 5.74) is 16.2. The molecule has 3 heteroatoms. The molecule has 11 rings (SSSR count). The van der Waals surface area contributed by atoms with Gasteiger partial charge in [-0.15, -0.1) is 0 Å². The van der Waals surface area contributed by atoms with Gasteiger partial charge in [-0.25, -0.2) is 4.99 Å². The number of hydrogen-bond acceptors (Lipinski definition) is 1. The summed E-state index contributed by atoms with van der Waals surface area (Å²) >= 11 is 0. The average molecular weight is 702 g/mol. The maximum absolute atomic E-state index is 5.38. The molecule has 3 heterocycles. The van der Waals surface area contributed by atoms with Crippen LogP contribution in [0.4, 0.5) is 0 Å². The summed E-state index contributed by atoms with van der Waals surface area (Å²) in [6.45, 7) is 0. The quantitative estimate of drug-likeness (QED) is 0.170. The highest BCUT2D eigenvalue weighted by Gasteiger charge is 2.19. The van der Waals surface area contributed by atoms with Crippen molar-refractivity contribution in [2.75, 3.05) is 0 Å². The van der Waals surface area contributed by atoms with Crippen molar-refractivity contribution < 1.29 is 0 Å². The predicted molar refractivity (Wildman–Crippen MR) is 231 cm³/mol. The molecule has 0 fully saturated rings. The van der Waals surface area contributed by atoms with E-state index in [9.17, 15) is 0 Å². The zero-order valence-corrected chi connectivity index (χ0v) is 30.1. The van der Waals surface area contributed by atoms with Crippen LogP contribution in [0.15, 0.2) is 205 Å². The number of benzene rings is 8. The third-order valence-corrected chi connectivity index (χ3v) is 11.2. The lowest BCUT2D eigenvalue weighted by Crippen LogP contribution is -2.05. The van der Waals surface area contributed by atoms with E-state index in [4.69, 9.17) is 4.99 Å². The zero-order valence-electron chi connectivity index (χ0n) is 30.1. The average Bonchev–Trinajstić information content (AvgIpc) is 3.68. The minimum absolute atomic E-state index is 0.826. The van der Waals surface area contributed by atoms with Gasteiger partial charge in [0.15, 0.2) is 0 Å². The Balaban J connectivity index is 1.04. The van der Waals surface area contributed by atoms with E-state index >= 15 is 0 Å². The second-order valence-electron chi connectivity index (χ2n) is 14.3.